The minimum absolute atomic E-state index is 1.05. The molecule has 2 aliphatic carbocycles. The van der Waals surface area contributed by atoms with Crippen LogP contribution in [0.2, 0.25) is 17.1 Å². The van der Waals surface area contributed by atoms with Gasteiger partial charge in [0.05, 0.1) is 0 Å². The molecule has 1 heterocycles. The van der Waals surface area contributed by atoms with Gasteiger partial charge in [0.15, 0.2) is 8.32 Å². The van der Waals surface area contributed by atoms with Crippen LogP contribution in [-0.2, 0) is 4.43 Å². The molecule has 0 radical (unpaired) electrons. The van der Waals surface area contributed by atoms with Crippen molar-refractivity contribution < 1.29 is 4.43 Å². The molecule has 1 aliphatic heterocycles. The Hall–Kier alpha value is 0.177. The van der Waals surface area contributed by atoms with Crippen molar-refractivity contribution in [1.29, 1.82) is 0 Å². The van der Waals surface area contributed by atoms with Crippen molar-refractivity contribution in [3.05, 3.63) is 0 Å². The van der Waals surface area contributed by atoms with Gasteiger partial charge in [-0.25, -0.2) is 0 Å². The van der Waals surface area contributed by atoms with Gasteiger partial charge in [-0.3, -0.25) is 0 Å². The van der Waals surface area contributed by atoms with Gasteiger partial charge in [0, 0.05) is 6.61 Å². The predicted octanol–water partition coefficient (Wildman–Crippen LogP) is 4.63. The lowest BCUT2D eigenvalue weighted by Gasteiger charge is -2.44. The maximum atomic E-state index is 6.57. The van der Waals surface area contributed by atoms with Crippen LogP contribution in [0.3, 0.4) is 0 Å². The van der Waals surface area contributed by atoms with Gasteiger partial charge >= 0.3 is 0 Å². The summed E-state index contributed by atoms with van der Waals surface area (Å²) in [5.41, 5.74) is 2.10. The van der Waals surface area contributed by atoms with Crippen LogP contribution in [0.5, 0.6) is 0 Å². The van der Waals surface area contributed by atoms with Gasteiger partial charge in [0.25, 0.3) is 0 Å². The summed E-state index contributed by atoms with van der Waals surface area (Å²) in [6.07, 6.45) is 14.9. The van der Waals surface area contributed by atoms with Crippen LogP contribution in [0.25, 0.3) is 0 Å². The van der Waals surface area contributed by atoms with Crippen LogP contribution in [0.15, 0.2) is 0 Å². The van der Waals surface area contributed by atoms with E-state index in [1.54, 1.807) is 0 Å². The highest BCUT2D eigenvalue weighted by Gasteiger charge is 2.51. The highest BCUT2D eigenvalue weighted by molar-refractivity contribution is 6.77. The summed E-state index contributed by atoms with van der Waals surface area (Å²) in [7, 11) is -1.32. The molecule has 0 bridgehead atoms. The van der Waals surface area contributed by atoms with Crippen molar-refractivity contribution >= 4 is 8.32 Å². The Morgan fingerprint density at radius 2 is 1.25 bits per heavy atom. The number of hydrogen-bond donors (Lipinski definition) is 0. The molecule has 2 saturated carbocycles. The summed E-state index contributed by atoms with van der Waals surface area (Å²) in [5, 5.41) is 0. The van der Waals surface area contributed by atoms with Gasteiger partial charge in [-0.15, -0.1) is 0 Å². The highest BCUT2D eigenvalue weighted by Crippen LogP contribution is 2.53. The monoisotopic (exact) mass is 238 g/mol. The summed E-state index contributed by atoms with van der Waals surface area (Å²) >= 11 is 0. The van der Waals surface area contributed by atoms with Crippen molar-refractivity contribution in [1.82, 2.24) is 0 Å². The molecule has 0 aromatic rings. The molecular weight excluding hydrogens is 212 g/mol. The molecule has 92 valence electrons. The third-order valence-corrected chi connectivity index (χ3v) is 11.2. The van der Waals surface area contributed by atoms with Crippen molar-refractivity contribution in [2.45, 2.75) is 81.3 Å². The summed E-state index contributed by atoms with van der Waals surface area (Å²) in [5.74, 6) is 0. The zero-order chi connectivity index (χ0) is 10.8. The third kappa shape index (κ3) is 1.88. The van der Waals surface area contributed by atoms with Crippen molar-refractivity contribution in [3.8, 4) is 0 Å². The molecule has 0 aromatic heterocycles. The first-order valence-electron chi connectivity index (χ1n) is 7.56. The molecule has 3 rings (SSSR count). The van der Waals surface area contributed by atoms with Gasteiger partial charge in [-0.1, -0.05) is 57.8 Å². The van der Waals surface area contributed by atoms with E-state index in [1.807, 2.05) is 0 Å². The molecule has 0 aromatic carbocycles. The van der Waals surface area contributed by atoms with E-state index in [2.05, 4.69) is 0 Å². The Balaban J connectivity index is 1.79. The van der Waals surface area contributed by atoms with E-state index < -0.39 is 8.32 Å². The smallest absolute Gasteiger partial charge is 0.198 e. The fraction of sp³-hybridized carbons (Fsp3) is 1.00. The Morgan fingerprint density at radius 3 is 1.69 bits per heavy atom. The van der Waals surface area contributed by atoms with E-state index in [0.29, 0.717) is 0 Å². The maximum absolute atomic E-state index is 6.57. The zero-order valence-corrected chi connectivity index (χ0v) is 11.5. The summed E-state index contributed by atoms with van der Waals surface area (Å²) < 4.78 is 6.57. The normalized spacial score (nSPS) is 32.2. The van der Waals surface area contributed by atoms with Gasteiger partial charge in [0.2, 0.25) is 0 Å². The zero-order valence-electron chi connectivity index (χ0n) is 10.5. The first kappa shape index (κ1) is 11.3. The van der Waals surface area contributed by atoms with Crippen LogP contribution < -0.4 is 0 Å². The minimum Gasteiger partial charge on any atom is -0.416 e. The van der Waals surface area contributed by atoms with Gasteiger partial charge in [-0.05, 0) is 23.5 Å². The predicted molar refractivity (Wildman–Crippen MR) is 70.2 cm³/mol. The summed E-state index contributed by atoms with van der Waals surface area (Å²) in [6.45, 7) is 1.11. The average Bonchev–Trinajstić information content (AvgIpc) is 3.04. The SMILES string of the molecule is C1CC[Si](C2CCCC2)(C2CCCC2)OC1. The van der Waals surface area contributed by atoms with Crippen molar-refractivity contribution in [2.24, 2.45) is 0 Å². The first-order valence-corrected chi connectivity index (χ1v) is 9.83. The lowest BCUT2D eigenvalue weighted by Crippen LogP contribution is -2.48. The highest BCUT2D eigenvalue weighted by atomic mass is 28.4. The Labute approximate surface area is 101 Å². The topological polar surface area (TPSA) is 9.23 Å². The van der Waals surface area contributed by atoms with E-state index in [4.69, 9.17) is 4.43 Å². The summed E-state index contributed by atoms with van der Waals surface area (Å²) in [6, 6.07) is 1.52. The van der Waals surface area contributed by atoms with Gasteiger partial charge in [-0.2, -0.15) is 0 Å². The fourth-order valence-electron chi connectivity index (χ4n) is 4.64. The third-order valence-electron chi connectivity index (χ3n) is 5.43. The van der Waals surface area contributed by atoms with Crippen LogP contribution in [0.4, 0.5) is 0 Å². The molecule has 1 nitrogen and oxygen atoms in total. The Morgan fingerprint density at radius 1 is 0.688 bits per heavy atom. The first-order chi connectivity index (χ1) is 7.92. The van der Waals surface area contributed by atoms with Gasteiger partial charge < -0.3 is 4.43 Å². The van der Waals surface area contributed by atoms with E-state index in [9.17, 15) is 0 Å². The molecule has 0 spiro atoms. The van der Waals surface area contributed by atoms with Crippen LogP contribution in [0.1, 0.15) is 64.2 Å². The van der Waals surface area contributed by atoms with Crippen LogP contribution >= 0.6 is 0 Å². The molecule has 3 fully saturated rings. The van der Waals surface area contributed by atoms with E-state index in [0.717, 1.165) is 17.7 Å². The fourth-order valence-corrected chi connectivity index (χ4v) is 10.8. The quantitative estimate of drug-likeness (QED) is 0.637. The summed E-state index contributed by atoms with van der Waals surface area (Å²) in [4.78, 5) is 0. The Bertz CT molecular complexity index is 205. The van der Waals surface area contributed by atoms with Crippen LogP contribution in [0, 0.1) is 0 Å². The maximum Gasteiger partial charge on any atom is 0.198 e. The largest absolute Gasteiger partial charge is 0.416 e. The molecule has 1 saturated heterocycles. The number of hydrogen-bond acceptors (Lipinski definition) is 1. The van der Waals surface area contributed by atoms with E-state index in [-0.39, 0.29) is 0 Å². The molecule has 2 heteroatoms. The standard InChI is InChI=1S/C14H26OSi/c1-2-8-13(7-1)16(12-6-5-11-15-16)14-9-3-4-10-14/h13-14H,1-12H2. The second-order valence-electron chi connectivity index (χ2n) is 6.22. The molecule has 0 atom stereocenters. The molecular formula is C14H26OSi. The van der Waals surface area contributed by atoms with Gasteiger partial charge in [0.1, 0.15) is 0 Å². The molecule has 0 N–H and O–H groups in total. The lowest BCUT2D eigenvalue weighted by atomic mass is 10.3. The second kappa shape index (κ2) is 4.81. The molecule has 0 amide bonds. The second-order valence-corrected chi connectivity index (χ2v) is 10.6. The molecule has 16 heavy (non-hydrogen) atoms. The number of rotatable bonds is 2. The molecule has 0 unspecified atom stereocenters. The van der Waals surface area contributed by atoms with E-state index in [1.165, 1.54) is 70.3 Å². The van der Waals surface area contributed by atoms with Crippen molar-refractivity contribution in [2.75, 3.05) is 6.61 Å². The van der Waals surface area contributed by atoms with E-state index >= 15 is 0 Å². The van der Waals surface area contributed by atoms with Crippen LogP contribution in [-0.4, -0.2) is 14.9 Å². The Kier molecular flexibility index (Phi) is 3.39. The van der Waals surface area contributed by atoms with Crippen molar-refractivity contribution in [3.63, 3.8) is 0 Å². The average molecular weight is 238 g/mol. The lowest BCUT2D eigenvalue weighted by molar-refractivity contribution is 0.247. The molecule has 3 aliphatic rings. The minimum atomic E-state index is -1.32.